The van der Waals surface area contributed by atoms with Gasteiger partial charge in [0.1, 0.15) is 0 Å². The van der Waals surface area contributed by atoms with Crippen LogP contribution in [0.25, 0.3) is 0 Å². The average molecular weight is 265 g/mol. The molecule has 0 saturated carbocycles. The topological polar surface area (TPSA) is 38.8 Å². The molecule has 1 saturated heterocycles. The summed E-state index contributed by atoms with van der Waals surface area (Å²) >= 11 is 0. The van der Waals surface area contributed by atoms with Crippen molar-refractivity contribution in [2.45, 2.75) is 52.1 Å². The molecule has 0 radical (unpaired) electrons. The number of allylic oxidation sites excluding steroid dienone is 1. The molecule has 0 bridgehead atoms. The highest BCUT2D eigenvalue weighted by Crippen LogP contribution is 2.37. The summed E-state index contributed by atoms with van der Waals surface area (Å²) in [6, 6.07) is 0. The fraction of sp³-hybridized carbons (Fsp3) is 0.643. The van der Waals surface area contributed by atoms with Gasteiger partial charge in [-0.2, -0.15) is 0 Å². The Morgan fingerprint density at radius 1 is 1.26 bits per heavy atom. The first kappa shape index (κ1) is 16.0. The summed E-state index contributed by atoms with van der Waals surface area (Å²) in [4.78, 5) is 12.9. The van der Waals surface area contributed by atoms with Crippen LogP contribution < -0.4 is 0 Å². The average Bonchev–Trinajstić information content (AvgIpc) is 2.46. The van der Waals surface area contributed by atoms with E-state index in [1.165, 1.54) is 6.92 Å². The molecule has 1 heterocycles. The Labute approximate surface area is 116 Å². The summed E-state index contributed by atoms with van der Waals surface area (Å²) in [5.74, 6) is -0.00920. The molecule has 5 heteroatoms. The van der Waals surface area contributed by atoms with Gasteiger partial charge < -0.3 is 14.2 Å². The van der Waals surface area contributed by atoms with Crippen molar-refractivity contribution in [2.24, 2.45) is 0 Å². The zero-order valence-corrected chi connectivity index (χ0v) is 12.6. The van der Waals surface area contributed by atoms with E-state index >= 15 is 0 Å². The van der Waals surface area contributed by atoms with Crippen molar-refractivity contribution in [1.29, 1.82) is 0 Å². The van der Waals surface area contributed by atoms with Crippen molar-refractivity contribution in [3.63, 3.8) is 0 Å². The molecule has 1 aliphatic heterocycles. The van der Waals surface area contributed by atoms with Crippen LogP contribution in [0.5, 0.6) is 0 Å². The molecular formula is C14H24BNO3. The maximum Gasteiger partial charge on any atom is 0.461 e. The van der Waals surface area contributed by atoms with Crippen LogP contribution in [-0.4, -0.2) is 35.7 Å². The number of carbonyl (C=O) groups is 1. The van der Waals surface area contributed by atoms with E-state index in [9.17, 15) is 4.79 Å². The molecule has 0 atom stereocenters. The number of carbonyl (C=O) groups excluding carboxylic acids is 1. The van der Waals surface area contributed by atoms with E-state index in [-0.39, 0.29) is 24.2 Å². The van der Waals surface area contributed by atoms with Gasteiger partial charge in [-0.25, -0.2) is 0 Å². The normalized spacial score (nSPS) is 20.8. The van der Waals surface area contributed by atoms with Crippen LogP contribution in [-0.2, 0) is 14.1 Å². The zero-order valence-electron chi connectivity index (χ0n) is 12.6. The van der Waals surface area contributed by atoms with Crippen molar-refractivity contribution in [2.75, 3.05) is 6.54 Å². The second kappa shape index (κ2) is 5.93. The van der Waals surface area contributed by atoms with E-state index in [1.54, 1.807) is 17.2 Å². The number of rotatable bonds is 5. The molecule has 1 rings (SSSR count). The Hall–Kier alpha value is -1.07. The summed E-state index contributed by atoms with van der Waals surface area (Å²) in [5.41, 5.74) is -0.625. The molecule has 1 fully saturated rings. The van der Waals surface area contributed by atoms with E-state index < -0.39 is 0 Å². The molecule has 0 N–H and O–H groups in total. The fourth-order valence-electron chi connectivity index (χ4n) is 1.79. The number of hydrogen-bond acceptors (Lipinski definition) is 3. The van der Waals surface area contributed by atoms with Crippen molar-refractivity contribution in [3.8, 4) is 0 Å². The van der Waals surface area contributed by atoms with Crippen LogP contribution >= 0.6 is 0 Å². The van der Waals surface area contributed by atoms with Gasteiger partial charge in [-0.1, -0.05) is 12.2 Å². The molecule has 4 nitrogen and oxygen atoms in total. The maximum atomic E-state index is 11.3. The van der Waals surface area contributed by atoms with Crippen molar-refractivity contribution >= 4 is 13.0 Å². The van der Waals surface area contributed by atoms with E-state index in [0.29, 0.717) is 12.9 Å². The van der Waals surface area contributed by atoms with Gasteiger partial charge in [0.2, 0.25) is 5.91 Å². The molecule has 106 valence electrons. The molecule has 1 aliphatic rings. The molecular weight excluding hydrogens is 241 g/mol. The third kappa shape index (κ3) is 3.95. The minimum Gasteiger partial charge on any atom is -0.403 e. The Morgan fingerprint density at radius 2 is 1.79 bits per heavy atom. The van der Waals surface area contributed by atoms with Gasteiger partial charge in [0.25, 0.3) is 0 Å². The summed E-state index contributed by atoms with van der Waals surface area (Å²) in [6.07, 6.45) is 5.97. The minimum absolute atomic E-state index is 0.00920. The third-order valence-corrected chi connectivity index (χ3v) is 3.65. The van der Waals surface area contributed by atoms with Gasteiger partial charge in [-0.3, -0.25) is 4.79 Å². The van der Waals surface area contributed by atoms with Crippen molar-refractivity contribution < 1.29 is 14.1 Å². The molecule has 19 heavy (non-hydrogen) atoms. The summed E-state index contributed by atoms with van der Waals surface area (Å²) < 4.78 is 11.7. The third-order valence-electron chi connectivity index (χ3n) is 3.65. The van der Waals surface area contributed by atoms with Crippen LogP contribution in [0.4, 0.5) is 0 Å². The van der Waals surface area contributed by atoms with E-state index in [1.807, 2.05) is 33.8 Å². The standard InChI is InChI=1S/C14H24BNO3/c1-7-10-16(12(2)17)11-8-9-15-18-13(3,4)14(5,6)19-15/h7-8,11H,1,9-10H2,2-6H3/b11-8+. The van der Waals surface area contributed by atoms with Crippen LogP contribution in [0.1, 0.15) is 34.6 Å². The number of nitrogens with zero attached hydrogens (tertiary/aromatic N) is 1. The first-order chi connectivity index (χ1) is 8.69. The largest absolute Gasteiger partial charge is 0.461 e. The van der Waals surface area contributed by atoms with Gasteiger partial charge in [-0.05, 0) is 27.7 Å². The first-order valence-electron chi connectivity index (χ1n) is 6.60. The predicted octanol–water partition coefficient (Wildman–Crippen LogP) is 2.63. The Morgan fingerprint density at radius 3 is 2.21 bits per heavy atom. The van der Waals surface area contributed by atoms with Crippen molar-refractivity contribution in [3.05, 3.63) is 24.9 Å². The Kier molecular flexibility index (Phi) is 4.99. The van der Waals surface area contributed by atoms with Gasteiger partial charge in [-0.15, -0.1) is 6.58 Å². The molecule has 0 aromatic heterocycles. The lowest BCUT2D eigenvalue weighted by molar-refractivity contribution is -0.125. The first-order valence-corrected chi connectivity index (χ1v) is 6.60. The van der Waals surface area contributed by atoms with Crippen molar-refractivity contribution in [1.82, 2.24) is 4.90 Å². The highest BCUT2D eigenvalue weighted by Gasteiger charge is 2.50. The predicted molar refractivity (Wildman–Crippen MR) is 77.6 cm³/mol. The van der Waals surface area contributed by atoms with E-state index in [4.69, 9.17) is 9.31 Å². The van der Waals surface area contributed by atoms with Gasteiger partial charge in [0.05, 0.1) is 11.2 Å². The van der Waals surface area contributed by atoms with Crippen LogP contribution in [0.15, 0.2) is 24.9 Å². The highest BCUT2D eigenvalue weighted by molar-refractivity contribution is 6.46. The SMILES string of the molecule is C=CCN(/C=C/CB1OC(C)(C)C(C)(C)O1)C(C)=O. The monoisotopic (exact) mass is 265 g/mol. The van der Waals surface area contributed by atoms with Gasteiger partial charge in [0, 0.05) is 26.0 Å². The van der Waals surface area contributed by atoms with Crippen LogP contribution in [0, 0.1) is 0 Å². The summed E-state index contributed by atoms with van der Waals surface area (Å²) in [5, 5.41) is 0. The van der Waals surface area contributed by atoms with Gasteiger partial charge >= 0.3 is 7.12 Å². The fourth-order valence-corrected chi connectivity index (χ4v) is 1.79. The lowest BCUT2D eigenvalue weighted by Crippen LogP contribution is -2.41. The second-order valence-corrected chi connectivity index (χ2v) is 5.77. The van der Waals surface area contributed by atoms with Crippen LogP contribution in [0.3, 0.4) is 0 Å². The molecule has 0 aromatic rings. The lowest BCUT2D eigenvalue weighted by Gasteiger charge is -2.32. The Balaban J connectivity index is 2.54. The Bertz CT molecular complexity index is 361. The second-order valence-electron chi connectivity index (χ2n) is 5.77. The summed E-state index contributed by atoms with van der Waals surface area (Å²) in [7, 11) is -0.265. The lowest BCUT2D eigenvalue weighted by atomic mass is 9.85. The molecule has 0 unspecified atom stereocenters. The number of hydrogen-bond donors (Lipinski definition) is 0. The van der Waals surface area contributed by atoms with E-state index in [2.05, 4.69) is 6.58 Å². The van der Waals surface area contributed by atoms with E-state index in [0.717, 1.165) is 0 Å². The molecule has 0 spiro atoms. The summed E-state index contributed by atoms with van der Waals surface area (Å²) in [6.45, 7) is 13.8. The quantitative estimate of drug-likeness (QED) is 0.566. The zero-order chi connectivity index (χ0) is 14.7. The maximum absolute atomic E-state index is 11.3. The van der Waals surface area contributed by atoms with Crippen LogP contribution in [0.2, 0.25) is 6.32 Å². The minimum atomic E-state index is -0.313. The molecule has 0 aromatic carbocycles. The van der Waals surface area contributed by atoms with Gasteiger partial charge in [0.15, 0.2) is 0 Å². The molecule has 0 aliphatic carbocycles. The number of amides is 1. The highest BCUT2D eigenvalue weighted by atomic mass is 16.7. The smallest absolute Gasteiger partial charge is 0.403 e. The molecule has 1 amide bonds.